The van der Waals surface area contributed by atoms with Gasteiger partial charge in [-0.1, -0.05) is 18.5 Å². The molecule has 3 nitrogen and oxygen atoms in total. The van der Waals surface area contributed by atoms with E-state index >= 15 is 0 Å². The maximum absolute atomic E-state index is 13.8. The summed E-state index contributed by atoms with van der Waals surface area (Å²) in [6.07, 6.45) is 6.46. The van der Waals surface area contributed by atoms with Gasteiger partial charge in [-0.3, -0.25) is 9.97 Å². The summed E-state index contributed by atoms with van der Waals surface area (Å²) in [5, 5.41) is 3.91. The van der Waals surface area contributed by atoms with Crippen molar-refractivity contribution >= 4 is 11.6 Å². The molecule has 20 heavy (non-hydrogen) atoms. The highest BCUT2D eigenvalue weighted by atomic mass is 35.5. The highest BCUT2D eigenvalue weighted by Gasteiger charge is 2.15. The van der Waals surface area contributed by atoms with Crippen LogP contribution in [0.4, 0.5) is 4.39 Å². The Labute approximate surface area is 123 Å². The van der Waals surface area contributed by atoms with Gasteiger partial charge < -0.3 is 5.32 Å². The maximum atomic E-state index is 13.8. The molecule has 0 aliphatic heterocycles. The second kappa shape index (κ2) is 7.31. The third kappa shape index (κ3) is 3.99. The van der Waals surface area contributed by atoms with Crippen LogP contribution in [-0.4, -0.2) is 16.5 Å². The highest BCUT2D eigenvalue weighted by Crippen LogP contribution is 2.21. The Hall–Kier alpha value is -1.52. The molecule has 0 saturated carbocycles. The molecule has 0 bridgehead atoms. The second-order valence-corrected chi connectivity index (χ2v) is 5.01. The zero-order valence-electron chi connectivity index (χ0n) is 11.3. The van der Waals surface area contributed by atoms with Crippen LogP contribution in [0.5, 0.6) is 0 Å². The Kier molecular flexibility index (Phi) is 5.44. The van der Waals surface area contributed by atoms with Gasteiger partial charge in [0, 0.05) is 23.6 Å². The summed E-state index contributed by atoms with van der Waals surface area (Å²) < 4.78 is 13.8. The molecule has 1 aromatic heterocycles. The lowest BCUT2D eigenvalue weighted by Crippen LogP contribution is -2.25. The molecule has 0 saturated heterocycles. The first-order valence-electron chi connectivity index (χ1n) is 6.64. The van der Waals surface area contributed by atoms with E-state index in [9.17, 15) is 4.39 Å². The van der Waals surface area contributed by atoms with Crippen LogP contribution >= 0.6 is 11.6 Å². The molecule has 1 unspecified atom stereocenters. The Morgan fingerprint density at radius 1 is 1.35 bits per heavy atom. The second-order valence-electron chi connectivity index (χ2n) is 4.58. The average Bonchev–Trinajstić information content (AvgIpc) is 2.48. The van der Waals surface area contributed by atoms with Crippen LogP contribution in [0.15, 0.2) is 36.8 Å². The van der Waals surface area contributed by atoms with E-state index in [1.54, 1.807) is 30.7 Å². The SMILES string of the molecule is CCCNC(Cc1cc(Cl)ccc1F)c1cnccn1. The van der Waals surface area contributed by atoms with Crippen LogP contribution in [0.25, 0.3) is 0 Å². The van der Waals surface area contributed by atoms with Crippen molar-refractivity contribution in [2.75, 3.05) is 6.54 Å². The van der Waals surface area contributed by atoms with Gasteiger partial charge in [-0.25, -0.2) is 4.39 Å². The van der Waals surface area contributed by atoms with Crippen LogP contribution in [-0.2, 0) is 6.42 Å². The highest BCUT2D eigenvalue weighted by molar-refractivity contribution is 6.30. The van der Waals surface area contributed by atoms with Gasteiger partial charge in [0.25, 0.3) is 0 Å². The average molecular weight is 294 g/mol. The molecule has 2 rings (SSSR count). The molecule has 1 aromatic carbocycles. The fourth-order valence-electron chi connectivity index (χ4n) is 2.01. The molecule has 1 atom stereocenters. The fourth-order valence-corrected chi connectivity index (χ4v) is 2.20. The Morgan fingerprint density at radius 2 is 2.20 bits per heavy atom. The topological polar surface area (TPSA) is 37.8 Å². The number of hydrogen-bond acceptors (Lipinski definition) is 3. The minimum Gasteiger partial charge on any atom is -0.308 e. The Bertz CT molecular complexity index is 548. The molecule has 1 N–H and O–H groups in total. The Balaban J connectivity index is 2.21. The van der Waals surface area contributed by atoms with Crippen LogP contribution < -0.4 is 5.32 Å². The molecule has 5 heteroatoms. The number of nitrogens with one attached hydrogen (secondary N) is 1. The van der Waals surface area contributed by atoms with Gasteiger partial charge in [0.2, 0.25) is 0 Å². The van der Waals surface area contributed by atoms with E-state index in [2.05, 4.69) is 22.2 Å². The zero-order chi connectivity index (χ0) is 14.4. The number of rotatable bonds is 6. The van der Waals surface area contributed by atoms with Gasteiger partial charge in [-0.05, 0) is 43.1 Å². The monoisotopic (exact) mass is 293 g/mol. The zero-order valence-corrected chi connectivity index (χ0v) is 12.1. The van der Waals surface area contributed by atoms with Crippen molar-refractivity contribution in [1.29, 1.82) is 0 Å². The normalized spacial score (nSPS) is 12.3. The van der Waals surface area contributed by atoms with Crippen molar-refractivity contribution in [1.82, 2.24) is 15.3 Å². The molecule has 2 aromatic rings. The predicted octanol–water partition coefficient (Wildman–Crippen LogP) is 3.55. The fraction of sp³-hybridized carbons (Fsp3) is 0.333. The molecule has 0 spiro atoms. The largest absolute Gasteiger partial charge is 0.308 e. The molecular formula is C15H17ClFN3. The first-order valence-corrected chi connectivity index (χ1v) is 7.01. The quantitative estimate of drug-likeness (QED) is 0.885. The van der Waals surface area contributed by atoms with Crippen molar-refractivity contribution in [2.45, 2.75) is 25.8 Å². The standard InChI is InChI=1S/C15H17ClFN3/c1-2-5-19-14(15-10-18-6-7-20-15)9-11-8-12(16)3-4-13(11)17/h3-4,6-8,10,14,19H,2,5,9H2,1H3. The summed E-state index contributed by atoms with van der Waals surface area (Å²) in [7, 11) is 0. The lowest BCUT2D eigenvalue weighted by molar-refractivity contribution is 0.502. The molecule has 0 aliphatic carbocycles. The summed E-state index contributed by atoms with van der Waals surface area (Å²) in [6.45, 7) is 2.92. The molecule has 0 fully saturated rings. The van der Waals surface area contributed by atoms with E-state index < -0.39 is 0 Å². The smallest absolute Gasteiger partial charge is 0.126 e. The van der Waals surface area contributed by atoms with E-state index in [0.717, 1.165) is 18.7 Å². The molecule has 0 radical (unpaired) electrons. The van der Waals surface area contributed by atoms with Crippen molar-refractivity contribution in [3.63, 3.8) is 0 Å². The van der Waals surface area contributed by atoms with Crippen LogP contribution in [0, 0.1) is 5.82 Å². The summed E-state index contributed by atoms with van der Waals surface area (Å²) in [6, 6.07) is 4.53. The first-order chi connectivity index (χ1) is 9.70. The summed E-state index contributed by atoms with van der Waals surface area (Å²) in [5.74, 6) is -0.249. The van der Waals surface area contributed by atoms with Gasteiger partial charge in [0.15, 0.2) is 0 Å². The minimum atomic E-state index is -0.249. The van der Waals surface area contributed by atoms with Gasteiger partial charge in [0.1, 0.15) is 5.82 Å². The molecule has 0 amide bonds. The number of hydrogen-bond donors (Lipinski definition) is 1. The number of aromatic nitrogens is 2. The maximum Gasteiger partial charge on any atom is 0.126 e. The van der Waals surface area contributed by atoms with E-state index in [0.29, 0.717) is 17.0 Å². The number of halogens is 2. The van der Waals surface area contributed by atoms with Gasteiger partial charge >= 0.3 is 0 Å². The first kappa shape index (κ1) is 14.9. The van der Waals surface area contributed by atoms with Gasteiger partial charge in [-0.15, -0.1) is 0 Å². The third-order valence-electron chi connectivity index (χ3n) is 3.01. The third-order valence-corrected chi connectivity index (χ3v) is 3.25. The number of benzene rings is 1. The molecular weight excluding hydrogens is 277 g/mol. The van der Waals surface area contributed by atoms with E-state index in [-0.39, 0.29) is 11.9 Å². The molecule has 106 valence electrons. The van der Waals surface area contributed by atoms with Crippen molar-refractivity contribution in [3.8, 4) is 0 Å². The van der Waals surface area contributed by atoms with E-state index in [4.69, 9.17) is 11.6 Å². The van der Waals surface area contributed by atoms with Crippen LogP contribution in [0.1, 0.15) is 30.6 Å². The summed E-state index contributed by atoms with van der Waals surface area (Å²) in [4.78, 5) is 8.37. The summed E-state index contributed by atoms with van der Waals surface area (Å²) in [5.41, 5.74) is 1.39. The number of nitrogens with zero attached hydrogens (tertiary/aromatic N) is 2. The van der Waals surface area contributed by atoms with Crippen molar-refractivity contribution in [2.24, 2.45) is 0 Å². The minimum absolute atomic E-state index is 0.0726. The molecule has 1 heterocycles. The summed E-state index contributed by atoms with van der Waals surface area (Å²) >= 11 is 5.94. The van der Waals surface area contributed by atoms with Crippen LogP contribution in [0.2, 0.25) is 5.02 Å². The van der Waals surface area contributed by atoms with E-state index in [1.807, 2.05) is 0 Å². The lowest BCUT2D eigenvalue weighted by atomic mass is 10.0. The lowest BCUT2D eigenvalue weighted by Gasteiger charge is -2.18. The Morgan fingerprint density at radius 3 is 2.90 bits per heavy atom. The van der Waals surface area contributed by atoms with Gasteiger partial charge in [-0.2, -0.15) is 0 Å². The van der Waals surface area contributed by atoms with Crippen molar-refractivity contribution < 1.29 is 4.39 Å². The molecule has 0 aliphatic rings. The van der Waals surface area contributed by atoms with E-state index in [1.165, 1.54) is 6.07 Å². The van der Waals surface area contributed by atoms with Crippen molar-refractivity contribution in [3.05, 3.63) is 58.9 Å². The predicted molar refractivity (Wildman–Crippen MR) is 78.2 cm³/mol. The van der Waals surface area contributed by atoms with Crippen LogP contribution in [0.3, 0.4) is 0 Å². The van der Waals surface area contributed by atoms with Gasteiger partial charge in [0.05, 0.1) is 11.7 Å².